The lowest BCUT2D eigenvalue weighted by Gasteiger charge is -2.43. The highest BCUT2D eigenvalue weighted by Crippen LogP contribution is 2.48. The molecule has 1 aliphatic carbocycles. The van der Waals surface area contributed by atoms with Crippen LogP contribution in [0.15, 0.2) is 48.5 Å². The Morgan fingerprint density at radius 2 is 1.89 bits per heavy atom. The summed E-state index contributed by atoms with van der Waals surface area (Å²) < 4.78 is 19.9. The molecule has 0 aromatic heterocycles. The zero-order valence-electron chi connectivity index (χ0n) is 16.3. The molecule has 2 aromatic rings. The van der Waals surface area contributed by atoms with Crippen LogP contribution in [0.25, 0.3) is 0 Å². The summed E-state index contributed by atoms with van der Waals surface area (Å²) in [6.45, 7) is 2.56. The topological polar surface area (TPSA) is 21.3 Å². The first-order chi connectivity index (χ1) is 13.6. The van der Waals surface area contributed by atoms with Gasteiger partial charge >= 0.3 is 0 Å². The van der Waals surface area contributed by atoms with Crippen molar-refractivity contribution in [2.24, 2.45) is 5.92 Å². The van der Waals surface area contributed by atoms with Crippen molar-refractivity contribution < 1.29 is 9.13 Å². The van der Waals surface area contributed by atoms with E-state index in [1.807, 2.05) is 30.3 Å². The van der Waals surface area contributed by atoms with Crippen molar-refractivity contribution in [1.82, 2.24) is 5.32 Å². The van der Waals surface area contributed by atoms with Crippen molar-refractivity contribution in [3.63, 3.8) is 0 Å². The van der Waals surface area contributed by atoms with Crippen LogP contribution in [0.2, 0.25) is 5.02 Å². The van der Waals surface area contributed by atoms with Crippen LogP contribution in [0.3, 0.4) is 0 Å². The number of hydrogen-bond donors (Lipinski definition) is 1. The maximum absolute atomic E-state index is 13.4. The first kappa shape index (κ1) is 19.9. The Morgan fingerprint density at radius 3 is 2.64 bits per heavy atom. The summed E-state index contributed by atoms with van der Waals surface area (Å²) in [4.78, 5) is 0. The van der Waals surface area contributed by atoms with Gasteiger partial charge in [-0.05, 0) is 79.5 Å². The van der Waals surface area contributed by atoms with E-state index in [1.54, 1.807) is 12.1 Å². The summed E-state index contributed by atoms with van der Waals surface area (Å²) in [5.41, 5.74) is 2.52. The molecule has 4 heteroatoms. The standard InChI is InChI=1S/C24H29ClFNO/c25-21-5-3-4-18(14-21)16-27-13-10-20-17-28-24(11-1-2-12-24)15-23(20)19-6-8-22(26)9-7-19/h3-9,14,20,23,27H,1-2,10-13,15-17H2/t20-,23+/m0/s1. The molecule has 1 saturated heterocycles. The Balaban J connectivity index is 1.38. The van der Waals surface area contributed by atoms with Gasteiger partial charge in [-0.15, -0.1) is 0 Å². The molecule has 28 heavy (non-hydrogen) atoms. The van der Waals surface area contributed by atoms with Crippen molar-refractivity contribution in [3.8, 4) is 0 Å². The molecule has 150 valence electrons. The lowest BCUT2D eigenvalue weighted by molar-refractivity contribution is -0.106. The number of nitrogens with one attached hydrogen (secondary N) is 1. The molecule has 0 amide bonds. The minimum absolute atomic E-state index is 0.0593. The van der Waals surface area contributed by atoms with Gasteiger partial charge in [-0.2, -0.15) is 0 Å². The number of rotatable bonds is 6. The summed E-state index contributed by atoms with van der Waals surface area (Å²) in [6, 6.07) is 15.1. The molecule has 0 bridgehead atoms. The van der Waals surface area contributed by atoms with E-state index in [9.17, 15) is 4.39 Å². The zero-order valence-corrected chi connectivity index (χ0v) is 17.1. The van der Waals surface area contributed by atoms with Gasteiger partial charge in [0.1, 0.15) is 5.82 Å². The van der Waals surface area contributed by atoms with E-state index in [1.165, 1.54) is 36.8 Å². The SMILES string of the molecule is Fc1ccc([C@H]2CC3(CCCC3)OC[C@@H]2CCNCc2cccc(Cl)c2)cc1. The molecule has 1 heterocycles. The van der Waals surface area contributed by atoms with Gasteiger partial charge in [-0.3, -0.25) is 0 Å². The fourth-order valence-corrected chi connectivity index (χ4v) is 5.16. The maximum Gasteiger partial charge on any atom is 0.123 e. The van der Waals surface area contributed by atoms with Crippen LogP contribution in [0.4, 0.5) is 4.39 Å². The lowest BCUT2D eigenvalue weighted by atomic mass is 9.74. The number of halogens is 2. The Hall–Kier alpha value is -1.42. The van der Waals surface area contributed by atoms with Gasteiger partial charge in [0.05, 0.1) is 12.2 Å². The molecule has 2 aliphatic rings. The molecule has 2 atom stereocenters. The number of benzene rings is 2. The molecule has 0 unspecified atom stereocenters. The summed E-state index contributed by atoms with van der Waals surface area (Å²) in [5, 5.41) is 4.32. The third kappa shape index (κ3) is 4.76. The fourth-order valence-electron chi connectivity index (χ4n) is 4.95. The van der Waals surface area contributed by atoms with E-state index in [0.29, 0.717) is 11.8 Å². The Morgan fingerprint density at radius 1 is 1.11 bits per heavy atom. The highest BCUT2D eigenvalue weighted by molar-refractivity contribution is 6.30. The molecular formula is C24H29ClFNO. The van der Waals surface area contributed by atoms with Crippen molar-refractivity contribution in [1.29, 1.82) is 0 Å². The van der Waals surface area contributed by atoms with Crippen LogP contribution in [-0.2, 0) is 11.3 Å². The summed E-state index contributed by atoms with van der Waals surface area (Å²) in [5.74, 6) is 0.745. The smallest absolute Gasteiger partial charge is 0.123 e. The van der Waals surface area contributed by atoms with E-state index < -0.39 is 0 Å². The Bertz CT molecular complexity index is 772. The number of hydrogen-bond acceptors (Lipinski definition) is 2. The lowest BCUT2D eigenvalue weighted by Crippen LogP contribution is -2.42. The van der Waals surface area contributed by atoms with Crippen LogP contribution in [-0.4, -0.2) is 18.8 Å². The monoisotopic (exact) mass is 401 g/mol. The van der Waals surface area contributed by atoms with E-state index in [4.69, 9.17) is 16.3 Å². The molecule has 4 rings (SSSR count). The fraction of sp³-hybridized carbons (Fsp3) is 0.500. The average molecular weight is 402 g/mol. The highest BCUT2D eigenvalue weighted by atomic mass is 35.5. The second kappa shape index (κ2) is 8.94. The summed E-state index contributed by atoms with van der Waals surface area (Å²) in [7, 11) is 0. The minimum Gasteiger partial charge on any atom is -0.375 e. The second-order valence-corrected chi connectivity index (χ2v) is 8.86. The second-order valence-electron chi connectivity index (χ2n) is 8.42. The van der Waals surface area contributed by atoms with E-state index in [2.05, 4.69) is 11.4 Å². The normalized spacial score (nSPS) is 23.9. The molecule has 0 radical (unpaired) electrons. The van der Waals surface area contributed by atoms with Crippen LogP contribution < -0.4 is 5.32 Å². The van der Waals surface area contributed by atoms with Crippen LogP contribution >= 0.6 is 11.6 Å². The molecule has 1 saturated carbocycles. The third-order valence-electron chi connectivity index (χ3n) is 6.49. The van der Waals surface area contributed by atoms with Gasteiger partial charge in [0, 0.05) is 11.6 Å². The van der Waals surface area contributed by atoms with Crippen LogP contribution in [0.5, 0.6) is 0 Å². The molecular weight excluding hydrogens is 373 g/mol. The van der Waals surface area contributed by atoms with E-state index in [-0.39, 0.29) is 11.4 Å². The van der Waals surface area contributed by atoms with E-state index >= 15 is 0 Å². The Kier molecular flexibility index (Phi) is 6.35. The zero-order chi connectivity index (χ0) is 19.4. The van der Waals surface area contributed by atoms with Gasteiger partial charge in [-0.25, -0.2) is 4.39 Å². The highest BCUT2D eigenvalue weighted by Gasteiger charge is 2.43. The van der Waals surface area contributed by atoms with Gasteiger partial charge < -0.3 is 10.1 Å². The summed E-state index contributed by atoms with van der Waals surface area (Å²) >= 11 is 6.07. The van der Waals surface area contributed by atoms with Crippen LogP contribution in [0, 0.1) is 11.7 Å². The third-order valence-corrected chi connectivity index (χ3v) is 6.72. The molecule has 2 fully saturated rings. The van der Waals surface area contributed by atoms with Gasteiger partial charge in [-0.1, -0.05) is 48.7 Å². The summed E-state index contributed by atoms with van der Waals surface area (Å²) in [6.07, 6.45) is 7.00. The van der Waals surface area contributed by atoms with Crippen molar-refractivity contribution >= 4 is 11.6 Å². The average Bonchev–Trinajstić information content (AvgIpc) is 3.15. The van der Waals surface area contributed by atoms with Crippen molar-refractivity contribution in [2.45, 2.75) is 56.6 Å². The van der Waals surface area contributed by atoms with Crippen molar-refractivity contribution in [2.75, 3.05) is 13.2 Å². The van der Waals surface area contributed by atoms with Gasteiger partial charge in [0.15, 0.2) is 0 Å². The Labute approximate surface area is 172 Å². The first-order valence-electron chi connectivity index (χ1n) is 10.5. The molecule has 1 aliphatic heterocycles. The van der Waals surface area contributed by atoms with Crippen LogP contribution in [0.1, 0.15) is 55.6 Å². The first-order valence-corrected chi connectivity index (χ1v) is 10.9. The largest absolute Gasteiger partial charge is 0.375 e. The number of ether oxygens (including phenoxy) is 1. The van der Waals surface area contributed by atoms with Gasteiger partial charge in [0.2, 0.25) is 0 Å². The predicted octanol–water partition coefficient (Wildman–Crippen LogP) is 6.09. The molecule has 1 spiro atoms. The molecule has 2 nitrogen and oxygen atoms in total. The molecule has 1 N–H and O–H groups in total. The molecule has 2 aromatic carbocycles. The van der Waals surface area contributed by atoms with Crippen molar-refractivity contribution in [3.05, 3.63) is 70.5 Å². The minimum atomic E-state index is -0.161. The quantitative estimate of drug-likeness (QED) is 0.591. The maximum atomic E-state index is 13.4. The van der Waals surface area contributed by atoms with Gasteiger partial charge in [0.25, 0.3) is 0 Å². The predicted molar refractivity (Wildman–Crippen MR) is 112 cm³/mol. The van der Waals surface area contributed by atoms with E-state index in [0.717, 1.165) is 37.6 Å².